The van der Waals surface area contributed by atoms with Crippen molar-refractivity contribution in [1.82, 2.24) is 0 Å². The number of aryl methyl sites for hydroxylation is 1. The molecule has 1 unspecified atom stereocenters. The van der Waals surface area contributed by atoms with Gasteiger partial charge in [-0.1, -0.05) is 0 Å². The van der Waals surface area contributed by atoms with Crippen molar-refractivity contribution < 1.29 is 14.6 Å². The number of ether oxygens (including phenoxy) is 1. The van der Waals surface area contributed by atoms with Gasteiger partial charge in [-0.2, -0.15) is 0 Å². The quantitative estimate of drug-likeness (QED) is 0.868. The molecule has 0 spiro atoms. The largest absolute Gasteiger partial charge is 0.466 e. The van der Waals surface area contributed by atoms with Crippen molar-refractivity contribution >= 4 is 33.2 Å². The van der Waals surface area contributed by atoms with Crippen LogP contribution in [0.1, 0.15) is 29.2 Å². The smallest absolute Gasteiger partial charge is 0.308 e. The lowest BCUT2D eigenvalue weighted by Crippen LogP contribution is -2.09. The predicted molar refractivity (Wildman–Crippen MR) is 63.0 cm³/mol. The number of hydrogen-bond donors (Lipinski definition) is 1. The molecule has 1 rings (SSSR count). The van der Waals surface area contributed by atoms with Crippen LogP contribution in [0.25, 0.3) is 0 Å². The van der Waals surface area contributed by atoms with Gasteiger partial charge in [-0.05, 0) is 35.8 Å². The van der Waals surface area contributed by atoms with Crippen molar-refractivity contribution in [3.63, 3.8) is 0 Å². The molecule has 1 aromatic heterocycles. The molecule has 0 saturated heterocycles. The van der Waals surface area contributed by atoms with Crippen molar-refractivity contribution in [2.45, 2.75) is 26.4 Å². The minimum Gasteiger partial charge on any atom is -0.466 e. The molecule has 0 aliphatic rings. The second-order valence-electron chi connectivity index (χ2n) is 3.08. The lowest BCUT2D eigenvalue weighted by atomic mass is 10.2. The topological polar surface area (TPSA) is 46.5 Å². The molecule has 0 bridgehead atoms. The first-order valence-electron chi connectivity index (χ1n) is 4.64. The maximum atomic E-state index is 11.1. The van der Waals surface area contributed by atoms with E-state index in [0.717, 1.165) is 14.2 Å². The summed E-state index contributed by atoms with van der Waals surface area (Å²) < 4.78 is 5.73. The molecular formula is C10H13BrO3S. The normalized spacial score (nSPS) is 12.5. The van der Waals surface area contributed by atoms with E-state index in [4.69, 9.17) is 4.74 Å². The Morgan fingerprint density at radius 3 is 2.87 bits per heavy atom. The summed E-state index contributed by atoms with van der Waals surface area (Å²) in [5.41, 5.74) is 0. The summed E-state index contributed by atoms with van der Waals surface area (Å²) in [4.78, 5) is 13.0. The number of esters is 1. The van der Waals surface area contributed by atoms with Gasteiger partial charge in [0.25, 0.3) is 0 Å². The number of halogens is 1. The lowest BCUT2D eigenvalue weighted by molar-refractivity contribution is -0.145. The molecule has 1 N–H and O–H groups in total. The molecule has 1 heterocycles. The van der Waals surface area contributed by atoms with E-state index in [2.05, 4.69) is 15.9 Å². The summed E-state index contributed by atoms with van der Waals surface area (Å²) in [5.74, 6) is -0.368. The first-order valence-corrected chi connectivity index (χ1v) is 6.25. The fraction of sp³-hybridized carbons (Fsp3) is 0.500. The van der Waals surface area contributed by atoms with Gasteiger partial charge in [0, 0.05) is 14.2 Å². The molecule has 0 aliphatic heterocycles. The van der Waals surface area contributed by atoms with Gasteiger partial charge >= 0.3 is 5.97 Å². The van der Waals surface area contributed by atoms with Gasteiger partial charge in [0.2, 0.25) is 0 Å². The highest BCUT2D eigenvalue weighted by atomic mass is 79.9. The van der Waals surface area contributed by atoms with E-state index in [0.29, 0.717) is 6.61 Å². The van der Waals surface area contributed by atoms with Gasteiger partial charge in [0.05, 0.1) is 19.1 Å². The number of aliphatic hydroxyl groups is 1. The standard InChI is InChI=1S/C10H13BrO3S/c1-3-14-10(13)5-8(12)9-4-7(11)6(2)15-9/h4,8,12H,3,5H2,1-2H3. The zero-order valence-electron chi connectivity index (χ0n) is 8.62. The average molecular weight is 293 g/mol. The van der Waals surface area contributed by atoms with E-state index >= 15 is 0 Å². The molecule has 0 aliphatic carbocycles. The highest BCUT2D eigenvalue weighted by molar-refractivity contribution is 9.10. The average Bonchev–Trinajstić information content (AvgIpc) is 2.47. The highest BCUT2D eigenvalue weighted by Crippen LogP contribution is 2.31. The fourth-order valence-corrected chi connectivity index (χ4v) is 2.67. The Morgan fingerprint density at radius 2 is 2.40 bits per heavy atom. The van der Waals surface area contributed by atoms with Crippen LogP contribution in [0.15, 0.2) is 10.5 Å². The maximum absolute atomic E-state index is 11.1. The van der Waals surface area contributed by atoms with Crippen LogP contribution in [0.5, 0.6) is 0 Å². The van der Waals surface area contributed by atoms with Crippen LogP contribution in [0.2, 0.25) is 0 Å². The summed E-state index contributed by atoms with van der Waals surface area (Å²) in [6, 6.07) is 1.84. The maximum Gasteiger partial charge on any atom is 0.308 e. The molecule has 3 nitrogen and oxygen atoms in total. The molecule has 0 amide bonds. The zero-order chi connectivity index (χ0) is 11.4. The second kappa shape index (κ2) is 5.63. The Kier molecular flexibility index (Phi) is 4.76. The van der Waals surface area contributed by atoms with E-state index in [-0.39, 0.29) is 12.4 Å². The minimum absolute atomic E-state index is 0.0141. The molecule has 0 saturated carbocycles. The molecule has 0 aromatic carbocycles. The molecule has 0 radical (unpaired) electrons. The summed E-state index contributed by atoms with van der Waals surface area (Å²) in [7, 11) is 0. The number of thiophene rings is 1. The van der Waals surface area contributed by atoms with Crippen LogP contribution in [-0.4, -0.2) is 17.7 Å². The third kappa shape index (κ3) is 3.59. The van der Waals surface area contributed by atoms with E-state index in [1.807, 2.05) is 13.0 Å². The SMILES string of the molecule is CCOC(=O)CC(O)c1cc(Br)c(C)s1. The number of carbonyl (C=O) groups is 1. The van der Waals surface area contributed by atoms with E-state index in [1.54, 1.807) is 6.92 Å². The molecule has 1 atom stereocenters. The highest BCUT2D eigenvalue weighted by Gasteiger charge is 2.16. The fourth-order valence-electron chi connectivity index (χ4n) is 1.12. The Morgan fingerprint density at radius 1 is 1.73 bits per heavy atom. The molecule has 0 fully saturated rings. The Labute approximate surface area is 101 Å². The van der Waals surface area contributed by atoms with Crippen LogP contribution >= 0.6 is 27.3 Å². The number of carbonyl (C=O) groups excluding carboxylic acids is 1. The Balaban J connectivity index is 2.60. The first-order chi connectivity index (χ1) is 7.04. The van der Waals surface area contributed by atoms with Crippen LogP contribution in [0.4, 0.5) is 0 Å². The Bertz CT molecular complexity index is 329. The molecule has 15 heavy (non-hydrogen) atoms. The summed E-state index contributed by atoms with van der Waals surface area (Å²) in [6.07, 6.45) is -0.751. The third-order valence-corrected chi connectivity index (χ3v) is 4.11. The Hall–Kier alpha value is -0.390. The summed E-state index contributed by atoms with van der Waals surface area (Å²) in [5, 5.41) is 9.74. The van der Waals surface area contributed by atoms with Gasteiger partial charge in [0.1, 0.15) is 0 Å². The minimum atomic E-state index is -0.765. The number of aliphatic hydroxyl groups excluding tert-OH is 1. The first kappa shape index (κ1) is 12.7. The predicted octanol–water partition coefficient (Wildman–Crippen LogP) is 2.81. The van der Waals surface area contributed by atoms with Gasteiger partial charge in [-0.25, -0.2) is 0 Å². The molecule has 1 aromatic rings. The van der Waals surface area contributed by atoms with Crippen molar-refractivity contribution in [2.75, 3.05) is 6.61 Å². The van der Waals surface area contributed by atoms with E-state index in [1.165, 1.54) is 11.3 Å². The monoisotopic (exact) mass is 292 g/mol. The van der Waals surface area contributed by atoms with Crippen molar-refractivity contribution in [3.8, 4) is 0 Å². The van der Waals surface area contributed by atoms with Crippen LogP contribution in [-0.2, 0) is 9.53 Å². The van der Waals surface area contributed by atoms with Gasteiger partial charge in [-0.15, -0.1) is 11.3 Å². The van der Waals surface area contributed by atoms with E-state index in [9.17, 15) is 9.90 Å². The van der Waals surface area contributed by atoms with Crippen molar-refractivity contribution in [2.24, 2.45) is 0 Å². The van der Waals surface area contributed by atoms with Crippen LogP contribution in [0, 0.1) is 6.92 Å². The van der Waals surface area contributed by atoms with Crippen molar-refractivity contribution in [3.05, 3.63) is 20.3 Å². The summed E-state index contributed by atoms with van der Waals surface area (Å²) >= 11 is 4.84. The molecule has 84 valence electrons. The van der Waals surface area contributed by atoms with Crippen molar-refractivity contribution in [1.29, 1.82) is 0 Å². The lowest BCUT2D eigenvalue weighted by Gasteiger charge is -2.07. The third-order valence-electron chi connectivity index (χ3n) is 1.87. The van der Waals surface area contributed by atoms with Gasteiger partial charge < -0.3 is 9.84 Å². The summed E-state index contributed by atoms with van der Waals surface area (Å²) in [6.45, 7) is 4.05. The number of hydrogen-bond acceptors (Lipinski definition) is 4. The zero-order valence-corrected chi connectivity index (χ0v) is 11.0. The van der Waals surface area contributed by atoms with Gasteiger partial charge in [-0.3, -0.25) is 4.79 Å². The molecule has 5 heteroatoms. The van der Waals surface area contributed by atoms with E-state index < -0.39 is 6.10 Å². The van der Waals surface area contributed by atoms with Crippen LogP contribution < -0.4 is 0 Å². The van der Waals surface area contributed by atoms with Gasteiger partial charge in [0.15, 0.2) is 0 Å². The number of rotatable bonds is 4. The van der Waals surface area contributed by atoms with Crippen LogP contribution in [0.3, 0.4) is 0 Å². The second-order valence-corrected chi connectivity index (χ2v) is 5.22. The molecular weight excluding hydrogens is 280 g/mol.